The Morgan fingerprint density at radius 3 is 2.69 bits per heavy atom. The number of aryl methyl sites for hydroxylation is 1. The van der Waals surface area contributed by atoms with Gasteiger partial charge >= 0.3 is 0 Å². The van der Waals surface area contributed by atoms with E-state index in [1.807, 2.05) is 30.3 Å². The summed E-state index contributed by atoms with van der Waals surface area (Å²) in [5.41, 5.74) is 1.21. The van der Waals surface area contributed by atoms with Crippen LogP contribution in [0.25, 0.3) is 0 Å². The molecule has 0 saturated carbocycles. The summed E-state index contributed by atoms with van der Waals surface area (Å²) in [5.74, 6) is -0.254. The van der Waals surface area contributed by atoms with Crippen LogP contribution in [0.1, 0.15) is 18.4 Å². The third kappa shape index (κ3) is 4.28. The molecule has 0 aliphatic rings. The molecular weight excluding hydrogens is 202 g/mol. The van der Waals surface area contributed by atoms with E-state index < -0.39 is 0 Å². The third-order valence-corrected chi connectivity index (χ3v) is 2.29. The molecule has 0 atom stereocenters. The second-order valence-corrected chi connectivity index (χ2v) is 3.60. The molecule has 86 valence electrons. The molecule has 0 fully saturated rings. The van der Waals surface area contributed by atoms with Crippen LogP contribution >= 0.6 is 0 Å². The highest BCUT2D eigenvalue weighted by atomic mass is 16.5. The van der Waals surface area contributed by atoms with Crippen LogP contribution in [0.3, 0.4) is 0 Å². The summed E-state index contributed by atoms with van der Waals surface area (Å²) in [4.78, 5) is 11.4. The maximum absolute atomic E-state index is 11.4. The molecule has 1 aromatic carbocycles. The monoisotopic (exact) mass is 219 g/mol. The molecule has 0 bridgehead atoms. The second kappa shape index (κ2) is 6.80. The number of hydrogen-bond acceptors (Lipinski definition) is 2. The van der Waals surface area contributed by atoms with Gasteiger partial charge < -0.3 is 0 Å². The Kier molecular flexibility index (Phi) is 5.29. The minimum Gasteiger partial charge on any atom is -0.286 e. The number of amides is 1. The zero-order chi connectivity index (χ0) is 11.8. The van der Waals surface area contributed by atoms with Crippen LogP contribution in [-0.2, 0) is 11.2 Å². The summed E-state index contributed by atoms with van der Waals surface area (Å²) in [6, 6.07) is 9.99. The van der Waals surface area contributed by atoms with Crippen molar-refractivity contribution >= 4 is 5.91 Å². The fourth-order valence-electron chi connectivity index (χ4n) is 1.44. The van der Waals surface area contributed by atoms with Crippen molar-refractivity contribution in [3.8, 4) is 0 Å². The number of nitrogens with zero attached hydrogens (tertiary/aromatic N) is 1. The van der Waals surface area contributed by atoms with Crippen molar-refractivity contribution in [2.24, 2.45) is 0 Å². The van der Waals surface area contributed by atoms with E-state index >= 15 is 0 Å². The molecule has 1 rings (SSSR count). The first-order valence-electron chi connectivity index (χ1n) is 5.38. The topological polar surface area (TPSA) is 40.5 Å². The number of carbonyl (C=O) groups excluding carboxylic acids is 1. The van der Waals surface area contributed by atoms with Gasteiger partial charge in [-0.3, -0.25) is 10.0 Å². The van der Waals surface area contributed by atoms with Gasteiger partial charge in [-0.05, 0) is 18.4 Å². The SMILES string of the molecule is C=CCN(O)C(=O)CCCc1ccccc1. The molecule has 1 amide bonds. The molecule has 0 aliphatic carbocycles. The largest absolute Gasteiger partial charge is 0.286 e. The Hall–Kier alpha value is -1.61. The second-order valence-electron chi connectivity index (χ2n) is 3.60. The lowest BCUT2D eigenvalue weighted by molar-refractivity contribution is -0.162. The minimum atomic E-state index is -0.254. The Balaban J connectivity index is 2.25. The number of hydroxylamine groups is 2. The van der Waals surface area contributed by atoms with E-state index in [4.69, 9.17) is 0 Å². The van der Waals surface area contributed by atoms with Crippen molar-refractivity contribution < 1.29 is 10.0 Å². The van der Waals surface area contributed by atoms with Gasteiger partial charge in [0.25, 0.3) is 0 Å². The third-order valence-electron chi connectivity index (χ3n) is 2.29. The van der Waals surface area contributed by atoms with Gasteiger partial charge in [0, 0.05) is 6.42 Å². The van der Waals surface area contributed by atoms with Gasteiger partial charge in [0.2, 0.25) is 5.91 Å². The molecule has 0 aliphatic heterocycles. The summed E-state index contributed by atoms with van der Waals surface area (Å²) >= 11 is 0. The van der Waals surface area contributed by atoms with Crippen LogP contribution in [0.2, 0.25) is 0 Å². The van der Waals surface area contributed by atoms with Crippen LogP contribution in [0.4, 0.5) is 0 Å². The normalized spacial score (nSPS) is 9.81. The smallest absolute Gasteiger partial charge is 0.246 e. The highest BCUT2D eigenvalue weighted by molar-refractivity contribution is 5.74. The molecule has 3 nitrogen and oxygen atoms in total. The summed E-state index contributed by atoms with van der Waals surface area (Å²) in [5, 5.41) is 9.93. The van der Waals surface area contributed by atoms with E-state index in [0.29, 0.717) is 11.5 Å². The molecule has 16 heavy (non-hydrogen) atoms. The first kappa shape index (κ1) is 12.5. The lowest BCUT2D eigenvalue weighted by Crippen LogP contribution is -2.27. The van der Waals surface area contributed by atoms with Crippen molar-refractivity contribution in [2.45, 2.75) is 19.3 Å². The van der Waals surface area contributed by atoms with E-state index in [9.17, 15) is 10.0 Å². The molecule has 0 radical (unpaired) electrons. The maximum Gasteiger partial charge on any atom is 0.246 e. The summed E-state index contributed by atoms with van der Waals surface area (Å²) in [7, 11) is 0. The van der Waals surface area contributed by atoms with E-state index in [1.54, 1.807) is 0 Å². The average Bonchev–Trinajstić information content (AvgIpc) is 2.30. The van der Waals surface area contributed by atoms with Gasteiger partial charge in [0.05, 0.1) is 6.54 Å². The molecular formula is C13H17NO2. The van der Waals surface area contributed by atoms with Gasteiger partial charge in [-0.15, -0.1) is 6.58 Å². The Morgan fingerprint density at radius 2 is 2.06 bits per heavy atom. The summed E-state index contributed by atoms with van der Waals surface area (Å²) in [6.45, 7) is 3.64. The van der Waals surface area contributed by atoms with Crippen molar-refractivity contribution in [1.82, 2.24) is 5.06 Å². The fraction of sp³-hybridized carbons (Fsp3) is 0.308. The van der Waals surface area contributed by atoms with E-state index in [-0.39, 0.29) is 12.5 Å². The van der Waals surface area contributed by atoms with Crippen LogP contribution in [0.15, 0.2) is 43.0 Å². The average molecular weight is 219 g/mol. The predicted molar refractivity (Wildman–Crippen MR) is 63.1 cm³/mol. The first-order valence-corrected chi connectivity index (χ1v) is 5.38. The van der Waals surface area contributed by atoms with Crippen molar-refractivity contribution in [2.75, 3.05) is 6.54 Å². The molecule has 0 aromatic heterocycles. The Labute approximate surface area is 96.0 Å². The van der Waals surface area contributed by atoms with Crippen molar-refractivity contribution in [3.05, 3.63) is 48.6 Å². The van der Waals surface area contributed by atoms with Gasteiger partial charge in [-0.1, -0.05) is 36.4 Å². The summed E-state index contributed by atoms with van der Waals surface area (Å²) < 4.78 is 0. The van der Waals surface area contributed by atoms with Gasteiger partial charge in [-0.2, -0.15) is 0 Å². The first-order chi connectivity index (χ1) is 7.74. The van der Waals surface area contributed by atoms with Crippen molar-refractivity contribution in [3.63, 3.8) is 0 Å². The number of carbonyl (C=O) groups is 1. The lowest BCUT2D eigenvalue weighted by Gasteiger charge is -2.12. The molecule has 1 N–H and O–H groups in total. The van der Waals surface area contributed by atoms with E-state index in [2.05, 4.69) is 6.58 Å². The number of rotatable bonds is 6. The maximum atomic E-state index is 11.4. The molecule has 0 heterocycles. The number of benzene rings is 1. The molecule has 3 heteroatoms. The highest BCUT2D eigenvalue weighted by Crippen LogP contribution is 2.05. The van der Waals surface area contributed by atoms with Crippen molar-refractivity contribution in [1.29, 1.82) is 0 Å². The van der Waals surface area contributed by atoms with Gasteiger partial charge in [0.15, 0.2) is 0 Å². The van der Waals surface area contributed by atoms with Gasteiger partial charge in [0.1, 0.15) is 0 Å². The minimum absolute atomic E-state index is 0.185. The molecule has 0 spiro atoms. The van der Waals surface area contributed by atoms with E-state index in [1.165, 1.54) is 11.6 Å². The molecule has 1 aromatic rings. The quantitative estimate of drug-likeness (QED) is 0.453. The molecule has 0 unspecified atom stereocenters. The molecule has 0 saturated heterocycles. The zero-order valence-corrected chi connectivity index (χ0v) is 9.30. The lowest BCUT2D eigenvalue weighted by atomic mass is 10.1. The zero-order valence-electron chi connectivity index (χ0n) is 9.30. The fourth-order valence-corrected chi connectivity index (χ4v) is 1.44. The van der Waals surface area contributed by atoms with Crippen LogP contribution in [-0.4, -0.2) is 22.7 Å². The van der Waals surface area contributed by atoms with Gasteiger partial charge in [-0.25, -0.2) is 5.06 Å². The number of hydrogen-bond donors (Lipinski definition) is 1. The standard InChI is InChI=1S/C13H17NO2/c1-2-11-14(16)13(15)10-6-9-12-7-4-3-5-8-12/h2-5,7-8,16H,1,6,9-11H2. The van der Waals surface area contributed by atoms with Crippen LogP contribution in [0.5, 0.6) is 0 Å². The van der Waals surface area contributed by atoms with Crippen LogP contribution < -0.4 is 0 Å². The Morgan fingerprint density at radius 1 is 1.38 bits per heavy atom. The summed E-state index contributed by atoms with van der Waals surface area (Å²) in [6.07, 6.45) is 3.46. The Bertz CT molecular complexity index is 335. The van der Waals surface area contributed by atoms with Crippen LogP contribution in [0, 0.1) is 0 Å². The highest BCUT2D eigenvalue weighted by Gasteiger charge is 2.08. The predicted octanol–water partition coefficient (Wildman–Crippen LogP) is 2.41. The van der Waals surface area contributed by atoms with E-state index in [0.717, 1.165) is 12.8 Å².